The summed E-state index contributed by atoms with van der Waals surface area (Å²) in [6.07, 6.45) is 6.37. The molecule has 0 bridgehead atoms. The van der Waals surface area contributed by atoms with E-state index in [4.69, 9.17) is 0 Å². The van der Waals surface area contributed by atoms with Gasteiger partial charge in [0, 0.05) is 13.1 Å². The molecule has 3 heteroatoms. The van der Waals surface area contributed by atoms with Gasteiger partial charge in [0.25, 0.3) is 0 Å². The predicted octanol–water partition coefficient (Wildman–Crippen LogP) is 0.995. The molecular formula is C11H20N2O. The van der Waals surface area contributed by atoms with E-state index >= 15 is 0 Å². The largest absolute Gasteiger partial charge is 0.358 e. The highest BCUT2D eigenvalue weighted by Crippen LogP contribution is 2.38. The lowest BCUT2D eigenvalue weighted by atomic mass is 9.85. The highest BCUT2D eigenvalue weighted by molar-refractivity contribution is 5.81. The summed E-state index contributed by atoms with van der Waals surface area (Å²) in [7, 11) is 3.84. The van der Waals surface area contributed by atoms with Crippen molar-refractivity contribution in [3.05, 3.63) is 0 Å². The number of fused-ring (bicyclic) bond motifs is 1. The molecule has 1 saturated carbocycles. The van der Waals surface area contributed by atoms with Crippen LogP contribution in [0.4, 0.5) is 0 Å². The van der Waals surface area contributed by atoms with Crippen molar-refractivity contribution < 1.29 is 4.79 Å². The number of hydrogen-bond acceptors (Lipinski definition) is 2. The van der Waals surface area contributed by atoms with Crippen molar-refractivity contribution in [2.75, 3.05) is 14.1 Å². The summed E-state index contributed by atoms with van der Waals surface area (Å²) in [6.45, 7) is 0. The van der Waals surface area contributed by atoms with Crippen molar-refractivity contribution in [2.45, 2.75) is 44.2 Å². The molecule has 3 nitrogen and oxygen atoms in total. The van der Waals surface area contributed by atoms with Gasteiger partial charge >= 0.3 is 0 Å². The molecule has 0 unspecified atom stereocenters. The Balaban J connectivity index is 2.06. The van der Waals surface area contributed by atoms with E-state index in [9.17, 15) is 4.79 Å². The van der Waals surface area contributed by atoms with Crippen molar-refractivity contribution in [1.29, 1.82) is 0 Å². The van der Waals surface area contributed by atoms with Crippen LogP contribution < -0.4 is 5.32 Å². The molecule has 1 heterocycles. The Bertz CT molecular complexity index is 229. The molecule has 1 aliphatic carbocycles. The van der Waals surface area contributed by atoms with Crippen molar-refractivity contribution in [3.8, 4) is 0 Å². The molecule has 1 saturated heterocycles. The molecular weight excluding hydrogens is 176 g/mol. The van der Waals surface area contributed by atoms with Crippen molar-refractivity contribution in [2.24, 2.45) is 5.92 Å². The predicted molar refractivity (Wildman–Crippen MR) is 56.0 cm³/mol. The monoisotopic (exact) mass is 196 g/mol. The molecule has 3 atom stereocenters. The lowest BCUT2D eigenvalue weighted by Crippen LogP contribution is -2.43. The van der Waals surface area contributed by atoms with Gasteiger partial charge in [-0.2, -0.15) is 0 Å². The van der Waals surface area contributed by atoms with Gasteiger partial charge in [-0.1, -0.05) is 12.8 Å². The zero-order chi connectivity index (χ0) is 10.1. The molecule has 1 amide bonds. The van der Waals surface area contributed by atoms with Crippen LogP contribution in [0.1, 0.15) is 32.1 Å². The van der Waals surface area contributed by atoms with E-state index in [0.29, 0.717) is 6.04 Å². The second-order valence-electron chi connectivity index (χ2n) is 4.64. The Labute approximate surface area is 85.8 Å². The zero-order valence-electron chi connectivity index (χ0n) is 9.12. The number of likely N-dealkylation sites (tertiary alicyclic amines) is 1. The van der Waals surface area contributed by atoms with Crippen LogP contribution >= 0.6 is 0 Å². The summed E-state index contributed by atoms with van der Waals surface area (Å²) in [5.41, 5.74) is 0. The highest BCUT2D eigenvalue weighted by atomic mass is 16.2. The van der Waals surface area contributed by atoms with Crippen LogP contribution in [0.3, 0.4) is 0 Å². The number of amides is 1. The first-order chi connectivity index (χ1) is 6.74. The molecule has 2 aliphatic rings. The smallest absolute Gasteiger partial charge is 0.237 e. The summed E-state index contributed by atoms with van der Waals surface area (Å²) in [4.78, 5) is 13.9. The molecule has 80 valence electrons. The Morgan fingerprint density at radius 2 is 2.07 bits per heavy atom. The third-order valence-electron chi connectivity index (χ3n) is 3.96. The number of nitrogens with one attached hydrogen (secondary N) is 1. The summed E-state index contributed by atoms with van der Waals surface area (Å²) < 4.78 is 0. The number of nitrogens with zero attached hydrogens (tertiary/aromatic N) is 1. The molecule has 1 N–H and O–H groups in total. The first-order valence-corrected chi connectivity index (χ1v) is 5.67. The third-order valence-corrected chi connectivity index (χ3v) is 3.96. The minimum atomic E-state index is 0.132. The van der Waals surface area contributed by atoms with Gasteiger partial charge in [0.05, 0.1) is 6.04 Å². The minimum Gasteiger partial charge on any atom is -0.358 e. The Morgan fingerprint density at radius 1 is 1.36 bits per heavy atom. The molecule has 0 spiro atoms. The lowest BCUT2D eigenvalue weighted by Gasteiger charge is -2.30. The van der Waals surface area contributed by atoms with Crippen LogP contribution in [0.25, 0.3) is 0 Å². The number of rotatable bonds is 1. The second kappa shape index (κ2) is 3.89. The summed E-state index contributed by atoms with van der Waals surface area (Å²) in [6, 6.07) is 0.805. The topological polar surface area (TPSA) is 32.3 Å². The van der Waals surface area contributed by atoms with Gasteiger partial charge in [-0.15, -0.1) is 0 Å². The van der Waals surface area contributed by atoms with E-state index in [1.807, 2.05) is 0 Å². The van der Waals surface area contributed by atoms with Crippen LogP contribution in [-0.4, -0.2) is 37.0 Å². The molecule has 0 aromatic heterocycles. The fraction of sp³-hybridized carbons (Fsp3) is 0.909. The standard InChI is InChI=1S/C11H20N2O/c1-12-11(14)10-7-8-5-3-4-6-9(8)13(10)2/h8-10H,3-7H2,1-2H3,(H,12,14)/t8-,9-,10-/m1/s1. The first-order valence-electron chi connectivity index (χ1n) is 5.67. The fourth-order valence-corrected chi connectivity index (χ4v) is 3.14. The van der Waals surface area contributed by atoms with E-state index in [0.717, 1.165) is 12.3 Å². The number of carbonyl (C=O) groups is 1. The van der Waals surface area contributed by atoms with E-state index in [2.05, 4.69) is 17.3 Å². The molecule has 0 aromatic rings. The van der Waals surface area contributed by atoms with Gasteiger partial charge in [-0.25, -0.2) is 0 Å². The number of carbonyl (C=O) groups excluding carboxylic acids is 1. The SMILES string of the molecule is CNC(=O)[C@H]1C[C@H]2CCCC[C@H]2N1C. The van der Waals surface area contributed by atoms with E-state index in [-0.39, 0.29) is 11.9 Å². The maximum Gasteiger partial charge on any atom is 0.237 e. The molecule has 0 radical (unpaired) electrons. The van der Waals surface area contributed by atoms with Gasteiger partial charge in [-0.05, 0) is 32.2 Å². The van der Waals surface area contributed by atoms with Gasteiger partial charge in [0.2, 0.25) is 5.91 Å². The maximum absolute atomic E-state index is 11.6. The summed E-state index contributed by atoms with van der Waals surface area (Å²) in [5.74, 6) is 0.970. The average molecular weight is 196 g/mol. The van der Waals surface area contributed by atoms with E-state index < -0.39 is 0 Å². The van der Waals surface area contributed by atoms with Crippen molar-refractivity contribution in [3.63, 3.8) is 0 Å². The van der Waals surface area contributed by atoms with Gasteiger partial charge in [0.15, 0.2) is 0 Å². The first kappa shape index (κ1) is 9.97. The Morgan fingerprint density at radius 3 is 2.71 bits per heavy atom. The summed E-state index contributed by atoms with van der Waals surface area (Å²) in [5, 5.41) is 2.77. The van der Waals surface area contributed by atoms with Crippen molar-refractivity contribution in [1.82, 2.24) is 10.2 Å². The molecule has 2 rings (SSSR count). The van der Waals surface area contributed by atoms with Crippen LogP contribution in [-0.2, 0) is 4.79 Å². The maximum atomic E-state index is 11.6. The average Bonchev–Trinajstić information content (AvgIpc) is 2.56. The molecule has 0 aromatic carbocycles. The van der Waals surface area contributed by atoms with Crippen LogP contribution in [0.2, 0.25) is 0 Å². The zero-order valence-corrected chi connectivity index (χ0v) is 9.12. The van der Waals surface area contributed by atoms with Crippen LogP contribution in [0.15, 0.2) is 0 Å². The highest BCUT2D eigenvalue weighted by Gasteiger charge is 2.42. The Kier molecular flexibility index (Phi) is 2.77. The summed E-state index contributed by atoms with van der Waals surface area (Å²) >= 11 is 0. The normalized spacial score (nSPS) is 38.0. The number of likely N-dealkylation sites (N-methyl/N-ethyl adjacent to an activating group) is 2. The van der Waals surface area contributed by atoms with Gasteiger partial charge in [-0.3, -0.25) is 9.69 Å². The quantitative estimate of drug-likeness (QED) is 0.678. The molecule has 14 heavy (non-hydrogen) atoms. The second-order valence-corrected chi connectivity index (χ2v) is 4.64. The third kappa shape index (κ3) is 1.54. The minimum absolute atomic E-state index is 0.132. The van der Waals surface area contributed by atoms with Crippen LogP contribution in [0.5, 0.6) is 0 Å². The lowest BCUT2D eigenvalue weighted by molar-refractivity contribution is -0.124. The van der Waals surface area contributed by atoms with E-state index in [1.54, 1.807) is 7.05 Å². The van der Waals surface area contributed by atoms with E-state index in [1.165, 1.54) is 25.7 Å². The van der Waals surface area contributed by atoms with Crippen molar-refractivity contribution >= 4 is 5.91 Å². The van der Waals surface area contributed by atoms with Gasteiger partial charge < -0.3 is 5.32 Å². The fourth-order valence-electron chi connectivity index (χ4n) is 3.14. The molecule has 1 aliphatic heterocycles. The molecule has 2 fully saturated rings. The number of hydrogen-bond donors (Lipinski definition) is 1. The Hall–Kier alpha value is -0.570. The van der Waals surface area contributed by atoms with Gasteiger partial charge in [0.1, 0.15) is 0 Å². The van der Waals surface area contributed by atoms with Crippen LogP contribution in [0, 0.1) is 5.92 Å².